The highest BCUT2D eigenvalue weighted by Gasteiger charge is 2.58. The third-order valence-corrected chi connectivity index (χ3v) is 13.2. The third kappa shape index (κ3) is 12.6. The highest BCUT2D eigenvalue weighted by atomic mass is 16.8. The van der Waals surface area contributed by atoms with E-state index < -0.39 is 229 Å². The minimum Gasteiger partial charge on any atom is -0.394 e. The topological polar surface area (TPSA) is 504 Å². The summed E-state index contributed by atoms with van der Waals surface area (Å²) in [5.41, 5.74) is 0. The van der Waals surface area contributed by atoms with Crippen molar-refractivity contribution < 1.29 is 149 Å². The maximum absolute atomic E-state index is 12.7. The van der Waals surface area contributed by atoms with Crippen molar-refractivity contribution in [3.8, 4) is 0 Å². The summed E-state index contributed by atoms with van der Waals surface area (Å²) in [4.78, 5) is 24.8. The van der Waals surface area contributed by atoms with Gasteiger partial charge in [0, 0.05) is 13.8 Å². The summed E-state index contributed by atoms with van der Waals surface area (Å²) in [7, 11) is 0. The second-order valence-electron chi connectivity index (χ2n) is 18.3. The van der Waals surface area contributed by atoms with E-state index in [4.69, 9.17) is 52.1 Å². The lowest BCUT2D eigenvalue weighted by Crippen LogP contribution is -2.71. The van der Waals surface area contributed by atoms with E-state index in [0.717, 1.165) is 13.8 Å². The zero-order valence-corrected chi connectivity index (χ0v) is 38.8. The second-order valence-corrected chi connectivity index (χ2v) is 18.3. The lowest BCUT2D eigenvalue weighted by atomic mass is 9.94. The van der Waals surface area contributed by atoms with Crippen molar-refractivity contribution in [2.45, 2.75) is 205 Å². The number of nitrogens with one attached hydrogen (secondary N) is 2. The van der Waals surface area contributed by atoms with Gasteiger partial charge >= 0.3 is 0 Å². The third-order valence-electron chi connectivity index (χ3n) is 13.2. The molecular formula is C40H68N2O30. The number of aliphatic hydroxyl groups is 17. The molecule has 0 unspecified atom stereocenters. The summed E-state index contributed by atoms with van der Waals surface area (Å²) in [6.07, 6.45) is -51.8. The quantitative estimate of drug-likeness (QED) is 0.0643. The maximum Gasteiger partial charge on any atom is 0.217 e. The van der Waals surface area contributed by atoms with Crippen LogP contribution in [0, 0.1) is 0 Å². The standard InChI is InChI=1S/C40H68N2O30/c1-9-19(49)24(54)28(58)38(63-9)72-34-30(60)32(15(7-46)67-40(34)71-33-18(42-11(3)48)35(61)64-13(5-44)22(33)52)69-36-17(41-10(2)47)23(53)31(14(6-45)66-36)70-39-29(59)26(56)21(51)16(68-39)8-62-37-27(57)25(55)20(50)12(4-43)65-37/h9,12-40,43-46,49-61H,4-8H2,1-3H3,(H,41,47)(H,42,48)/t9-,12+,13+,14+,15+,16+,17+,18+,19+,20+,21+,22-,23+,24+,25-,26-,27-,28-,29+,30-,31+,32-,33+,34+,35-,36-,37-,38-,39-,40-/m0/s1. The number of carbonyl (C=O) groups is 2. The Kier molecular flexibility index (Phi) is 20.8. The van der Waals surface area contributed by atoms with Gasteiger partial charge in [0.15, 0.2) is 37.7 Å². The van der Waals surface area contributed by atoms with Crippen LogP contribution in [0.4, 0.5) is 0 Å². The molecule has 2 amide bonds. The van der Waals surface area contributed by atoms with Crippen molar-refractivity contribution in [2.24, 2.45) is 0 Å². The number of aliphatic hydroxyl groups excluding tert-OH is 17. The molecule has 6 saturated heterocycles. The molecule has 6 rings (SSSR count). The van der Waals surface area contributed by atoms with Gasteiger partial charge in [-0.1, -0.05) is 0 Å². The summed E-state index contributed by atoms with van der Waals surface area (Å²) in [6, 6.07) is -3.40. The molecule has 72 heavy (non-hydrogen) atoms. The van der Waals surface area contributed by atoms with Gasteiger partial charge < -0.3 is 150 Å². The molecule has 32 nitrogen and oxygen atoms in total. The van der Waals surface area contributed by atoms with Crippen LogP contribution < -0.4 is 10.6 Å². The largest absolute Gasteiger partial charge is 0.394 e. The Hall–Kier alpha value is -2.18. The van der Waals surface area contributed by atoms with Crippen LogP contribution in [0.5, 0.6) is 0 Å². The van der Waals surface area contributed by atoms with E-state index in [9.17, 15) is 96.4 Å². The average Bonchev–Trinajstić information content (AvgIpc) is 3.34. The van der Waals surface area contributed by atoms with Gasteiger partial charge in [0.2, 0.25) is 11.8 Å². The summed E-state index contributed by atoms with van der Waals surface area (Å²) in [5.74, 6) is -1.61. The van der Waals surface area contributed by atoms with Crippen molar-refractivity contribution in [2.75, 3.05) is 33.0 Å². The van der Waals surface area contributed by atoms with Gasteiger partial charge in [-0.3, -0.25) is 9.59 Å². The fourth-order valence-corrected chi connectivity index (χ4v) is 9.15. The van der Waals surface area contributed by atoms with Crippen molar-refractivity contribution in [1.29, 1.82) is 0 Å². The minimum absolute atomic E-state index is 0.759. The fourth-order valence-electron chi connectivity index (χ4n) is 9.15. The van der Waals surface area contributed by atoms with E-state index in [-0.39, 0.29) is 0 Å². The normalized spacial score (nSPS) is 50.3. The van der Waals surface area contributed by atoms with Crippen molar-refractivity contribution in [1.82, 2.24) is 10.6 Å². The monoisotopic (exact) mass is 1060 g/mol. The van der Waals surface area contributed by atoms with Gasteiger partial charge in [-0.15, -0.1) is 0 Å². The molecule has 6 heterocycles. The SMILES string of the molecule is CC(=O)N[C@@H]1[C@@H](O[C@@H]2O[C@H](CO)[C@H](O[C@@H]3O[C@H](CO)[C@@H](O[C@@H]4O[C@H](CO[C@H]5O[C@H](CO)[C@@H](O)[C@H](O)[C@@H]5O)[C@@H](O)[C@H](O)[C@H]4O)[C@H](O)[C@H]3NC(C)=O)[C@H](O)[C@H]2O[C@@H]2O[C@@H](C)[C@@H](O)[C@@H](O)[C@@H]2O)[C@@H](O)[C@@H](CO)O[C@@H]1O. The zero-order chi connectivity index (χ0) is 53.2. The summed E-state index contributed by atoms with van der Waals surface area (Å²) < 4.78 is 63.1. The first-order chi connectivity index (χ1) is 34.0. The molecule has 6 fully saturated rings. The smallest absolute Gasteiger partial charge is 0.217 e. The Morgan fingerprint density at radius 2 is 0.806 bits per heavy atom. The first-order valence-electron chi connectivity index (χ1n) is 23.0. The zero-order valence-electron chi connectivity index (χ0n) is 38.8. The number of rotatable bonds is 17. The van der Waals surface area contributed by atoms with Gasteiger partial charge in [0.1, 0.15) is 140 Å². The molecule has 0 saturated carbocycles. The van der Waals surface area contributed by atoms with Crippen molar-refractivity contribution >= 4 is 11.8 Å². The fraction of sp³-hybridized carbons (Fsp3) is 0.950. The van der Waals surface area contributed by atoms with Crippen LogP contribution in [0.15, 0.2) is 0 Å². The first kappa shape index (κ1) is 59.1. The molecule has 418 valence electrons. The van der Waals surface area contributed by atoms with Crippen molar-refractivity contribution in [3.63, 3.8) is 0 Å². The van der Waals surface area contributed by atoms with Gasteiger partial charge in [-0.05, 0) is 6.92 Å². The Labute approximate surface area is 408 Å². The van der Waals surface area contributed by atoms with Crippen LogP contribution in [0.1, 0.15) is 20.8 Å². The van der Waals surface area contributed by atoms with E-state index >= 15 is 0 Å². The Morgan fingerprint density at radius 3 is 1.38 bits per heavy atom. The molecule has 0 bridgehead atoms. The van der Waals surface area contributed by atoms with Crippen LogP contribution in [0.25, 0.3) is 0 Å². The van der Waals surface area contributed by atoms with Crippen LogP contribution in [-0.4, -0.2) is 316 Å². The summed E-state index contributed by atoms with van der Waals surface area (Å²) in [6.45, 7) is -1.22. The Balaban J connectivity index is 1.25. The molecular weight excluding hydrogens is 988 g/mol. The highest BCUT2D eigenvalue weighted by Crippen LogP contribution is 2.37. The number of amides is 2. The number of ether oxygens (including phenoxy) is 11. The molecule has 6 aliphatic rings. The molecule has 0 aromatic heterocycles. The Bertz CT molecular complexity index is 1730. The molecule has 0 aliphatic carbocycles. The summed E-state index contributed by atoms with van der Waals surface area (Å²) in [5, 5.41) is 186. The summed E-state index contributed by atoms with van der Waals surface area (Å²) >= 11 is 0. The molecule has 0 spiro atoms. The van der Waals surface area contributed by atoms with Crippen LogP contribution in [0.2, 0.25) is 0 Å². The number of hydrogen-bond donors (Lipinski definition) is 19. The predicted octanol–water partition coefficient (Wildman–Crippen LogP) is -12.8. The van der Waals surface area contributed by atoms with Crippen LogP contribution in [0.3, 0.4) is 0 Å². The van der Waals surface area contributed by atoms with Gasteiger partial charge in [-0.2, -0.15) is 0 Å². The van der Waals surface area contributed by atoms with E-state index in [1.807, 2.05) is 0 Å². The van der Waals surface area contributed by atoms with E-state index in [2.05, 4.69) is 10.6 Å². The van der Waals surface area contributed by atoms with Gasteiger partial charge in [0.05, 0.1) is 39.1 Å². The van der Waals surface area contributed by atoms with Crippen molar-refractivity contribution in [3.05, 3.63) is 0 Å². The van der Waals surface area contributed by atoms with Gasteiger partial charge in [-0.25, -0.2) is 0 Å². The van der Waals surface area contributed by atoms with Crippen LogP contribution in [-0.2, 0) is 61.7 Å². The molecule has 32 heteroatoms. The molecule has 30 atom stereocenters. The highest BCUT2D eigenvalue weighted by molar-refractivity contribution is 5.73. The van der Waals surface area contributed by atoms with Crippen LogP contribution >= 0.6 is 0 Å². The lowest BCUT2D eigenvalue weighted by molar-refractivity contribution is -0.396. The number of hydrogen-bond acceptors (Lipinski definition) is 30. The molecule has 0 radical (unpaired) electrons. The first-order valence-corrected chi connectivity index (χ1v) is 23.0. The molecule has 19 N–H and O–H groups in total. The molecule has 0 aromatic rings. The number of carbonyl (C=O) groups excluding carboxylic acids is 2. The second kappa shape index (κ2) is 25.3. The molecule has 6 aliphatic heterocycles. The van der Waals surface area contributed by atoms with E-state index in [0.29, 0.717) is 0 Å². The Morgan fingerprint density at radius 1 is 0.389 bits per heavy atom. The molecule has 0 aromatic carbocycles. The maximum atomic E-state index is 12.7. The average molecular weight is 1060 g/mol. The minimum atomic E-state index is -2.19. The van der Waals surface area contributed by atoms with Gasteiger partial charge in [0.25, 0.3) is 0 Å². The lowest BCUT2D eigenvalue weighted by Gasteiger charge is -2.51. The predicted molar refractivity (Wildman–Crippen MR) is 221 cm³/mol. The van der Waals surface area contributed by atoms with E-state index in [1.165, 1.54) is 6.92 Å². The van der Waals surface area contributed by atoms with E-state index in [1.54, 1.807) is 0 Å².